The summed E-state index contributed by atoms with van der Waals surface area (Å²) < 4.78 is 55.6. The Hall–Kier alpha value is -2.68. The fraction of sp³-hybridized carbons (Fsp3) is 0.250. The standard InChI is InChI=1S/C24H28N2O4S2/c1-2-3-10-21-15-17-22(18-16-21)26(32(29,30)24-13-8-5-9-14-24)20-19-25-31(27,28)23-11-6-4-7-12-23/h4-9,11-18,25H,2-3,10,19-20H2,1H3. The second-order valence-electron chi connectivity index (χ2n) is 7.37. The second-order valence-corrected chi connectivity index (χ2v) is 11.0. The van der Waals surface area contributed by atoms with Crippen LogP contribution in [0.1, 0.15) is 25.3 Å². The number of nitrogens with zero attached hydrogens (tertiary/aromatic N) is 1. The molecule has 3 aromatic rings. The maximum Gasteiger partial charge on any atom is 0.264 e. The molecule has 0 unspecified atom stereocenters. The van der Waals surface area contributed by atoms with Crippen LogP contribution in [-0.2, 0) is 26.5 Å². The fourth-order valence-corrected chi connectivity index (χ4v) is 5.81. The van der Waals surface area contributed by atoms with Gasteiger partial charge < -0.3 is 0 Å². The molecule has 0 aliphatic rings. The van der Waals surface area contributed by atoms with Gasteiger partial charge in [0.1, 0.15) is 0 Å². The summed E-state index contributed by atoms with van der Waals surface area (Å²) >= 11 is 0. The summed E-state index contributed by atoms with van der Waals surface area (Å²) in [5, 5.41) is 0. The van der Waals surface area contributed by atoms with Crippen molar-refractivity contribution in [2.75, 3.05) is 17.4 Å². The van der Waals surface area contributed by atoms with Gasteiger partial charge in [-0.2, -0.15) is 0 Å². The van der Waals surface area contributed by atoms with Crippen molar-refractivity contribution in [2.45, 2.75) is 36.0 Å². The van der Waals surface area contributed by atoms with Crippen LogP contribution < -0.4 is 9.03 Å². The predicted octanol–water partition coefficient (Wildman–Crippen LogP) is 4.20. The van der Waals surface area contributed by atoms with E-state index in [9.17, 15) is 16.8 Å². The lowest BCUT2D eigenvalue weighted by Crippen LogP contribution is -2.38. The van der Waals surface area contributed by atoms with Crippen molar-refractivity contribution in [3.63, 3.8) is 0 Å². The van der Waals surface area contributed by atoms with E-state index in [4.69, 9.17) is 0 Å². The zero-order valence-electron chi connectivity index (χ0n) is 18.0. The number of rotatable bonds is 11. The average Bonchev–Trinajstić information content (AvgIpc) is 2.82. The molecule has 3 rings (SSSR count). The quantitative estimate of drug-likeness (QED) is 0.453. The van der Waals surface area contributed by atoms with Gasteiger partial charge in [-0.1, -0.05) is 61.9 Å². The summed E-state index contributed by atoms with van der Waals surface area (Å²) in [6, 6.07) is 23.5. The Morgan fingerprint density at radius 1 is 0.750 bits per heavy atom. The molecule has 1 N–H and O–H groups in total. The summed E-state index contributed by atoms with van der Waals surface area (Å²) in [5.74, 6) is 0. The van der Waals surface area contributed by atoms with Gasteiger partial charge in [-0.25, -0.2) is 21.6 Å². The molecular weight excluding hydrogens is 444 g/mol. The lowest BCUT2D eigenvalue weighted by molar-refractivity contribution is 0.577. The Balaban J connectivity index is 1.84. The zero-order chi connectivity index (χ0) is 23.0. The van der Waals surface area contributed by atoms with Crippen molar-refractivity contribution in [3.8, 4) is 0 Å². The first-order chi connectivity index (χ1) is 15.3. The molecule has 0 atom stereocenters. The summed E-state index contributed by atoms with van der Waals surface area (Å²) in [6.45, 7) is 2.01. The Kier molecular flexibility index (Phi) is 8.06. The van der Waals surface area contributed by atoms with Gasteiger partial charge in [-0.15, -0.1) is 0 Å². The van der Waals surface area contributed by atoms with Gasteiger partial charge in [0, 0.05) is 13.1 Å². The van der Waals surface area contributed by atoms with Gasteiger partial charge >= 0.3 is 0 Å². The van der Waals surface area contributed by atoms with Crippen LogP contribution >= 0.6 is 0 Å². The first-order valence-electron chi connectivity index (χ1n) is 10.6. The van der Waals surface area contributed by atoms with E-state index < -0.39 is 20.0 Å². The highest BCUT2D eigenvalue weighted by molar-refractivity contribution is 7.92. The number of benzene rings is 3. The summed E-state index contributed by atoms with van der Waals surface area (Å²) in [4.78, 5) is 0.290. The highest BCUT2D eigenvalue weighted by atomic mass is 32.2. The molecular formula is C24H28N2O4S2. The molecule has 0 aliphatic carbocycles. The Labute approximate surface area is 191 Å². The molecule has 0 bridgehead atoms. The largest absolute Gasteiger partial charge is 0.265 e. The predicted molar refractivity (Wildman–Crippen MR) is 128 cm³/mol. The summed E-state index contributed by atoms with van der Waals surface area (Å²) in [6.07, 6.45) is 3.07. The molecule has 8 heteroatoms. The van der Waals surface area contributed by atoms with Crippen LogP contribution in [0.2, 0.25) is 0 Å². The van der Waals surface area contributed by atoms with Crippen LogP contribution in [0.4, 0.5) is 5.69 Å². The van der Waals surface area contributed by atoms with E-state index in [0.29, 0.717) is 5.69 Å². The fourth-order valence-electron chi connectivity index (χ4n) is 3.28. The van der Waals surface area contributed by atoms with Crippen LogP contribution in [0.15, 0.2) is 94.7 Å². The Bertz CT molecular complexity index is 1200. The van der Waals surface area contributed by atoms with Crippen molar-refractivity contribution in [3.05, 3.63) is 90.5 Å². The van der Waals surface area contributed by atoms with E-state index in [0.717, 1.165) is 24.8 Å². The minimum Gasteiger partial charge on any atom is -0.265 e. The molecule has 0 aliphatic heterocycles. The maximum absolute atomic E-state index is 13.4. The molecule has 0 fully saturated rings. The van der Waals surface area contributed by atoms with Crippen molar-refractivity contribution < 1.29 is 16.8 Å². The average molecular weight is 473 g/mol. The molecule has 32 heavy (non-hydrogen) atoms. The van der Waals surface area contributed by atoms with Crippen molar-refractivity contribution in [2.24, 2.45) is 0 Å². The van der Waals surface area contributed by atoms with Gasteiger partial charge in [0.25, 0.3) is 10.0 Å². The number of nitrogens with one attached hydrogen (secondary N) is 1. The molecule has 0 saturated carbocycles. The lowest BCUT2D eigenvalue weighted by atomic mass is 10.1. The second kappa shape index (κ2) is 10.8. The van der Waals surface area contributed by atoms with Crippen molar-refractivity contribution in [1.29, 1.82) is 0 Å². The van der Waals surface area contributed by atoms with Crippen LogP contribution in [0, 0.1) is 0 Å². The monoisotopic (exact) mass is 472 g/mol. The molecule has 0 radical (unpaired) electrons. The van der Waals surface area contributed by atoms with Crippen LogP contribution in [0.25, 0.3) is 0 Å². The lowest BCUT2D eigenvalue weighted by Gasteiger charge is -2.25. The van der Waals surface area contributed by atoms with Gasteiger partial charge in [-0.05, 0) is 54.8 Å². The van der Waals surface area contributed by atoms with E-state index in [1.807, 2.05) is 12.1 Å². The third-order valence-corrected chi connectivity index (χ3v) is 8.35. The SMILES string of the molecule is CCCCc1ccc(N(CCNS(=O)(=O)c2ccccc2)S(=O)(=O)c2ccccc2)cc1. The number of sulfonamides is 2. The van der Waals surface area contributed by atoms with Gasteiger partial charge in [0.15, 0.2) is 0 Å². The molecule has 6 nitrogen and oxygen atoms in total. The van der Waals surface area contributed by atoms with Gasteiger partial charge in [0.2, 0.25) is 10.0 Å². The molecule has 0 aromatic heterocycles. The molecule has 3 aromatic carbocycles. The molecule has 0 heterocycles. The zero-order valence-corrected chi connectivity index (χ0v) is 19.6. The van der Waals surface area contributed by atoms with E-state index >= 15 is 0 Å². The van der Waals surface area contributed by atoms with Gasteiger partial charge in [0.05, 0.1) is 15.5 Å². The summed E-state index contributed by atoms with van der Waals surface area (Å²) in [5.41, 5.74) is 1.63. The van der Waals surface area contributed by atoms with Crippen LogP contribution in [0.3, 0.4) is 0 Å². The number of hydrogen-bond acceptors (Lipinski definition) is 4. The Morgan fingerprint density at radius 2 is 1.31 bits per heavy atom. The molecule has 0 spiro atoms. The smallest absolute Gasteiger partial charge is 0.264 e. The van der Waals surface area contributed by atoms with E-state index in [-0.39, 0.29) is 22.9 Å². The number of anilines is 1. The van der Waals surface area contributed by atoms with Crippen molar-refractivity contribution in [1.82, 2.24) is 4.72 Å². The van der Waals surface area contributed by atoms with Crippen molar-refractivity contribution >= 4 is 25.7 Å². The molecule has 0 amide bonds. The minimum atomic E-state index is -3.87. The summed E-state index contributed by atoms with van der Waals surface area (Å²) in [7, 11) is -7.60. The molecule has 0 saturated heterocycles. The number of aryl methyl sites for hydroxylation is 1. The highest BCUT2D eigenvalue weighted by Gasteiger charge is 2.25. The number of hydrogen-bond donors (Lipinski definition) is 1. The Morgan fingerprint density at radius 3 is 1.88 bits per heavy atom. The van der Waals surface area contributed by atoms with E-state index in [1.54, 1.807) is 48.5 Å². The number of unbranched alkanes of at least 4 members (excludes halogenated alkanes) is 1. The van der Waals surface area contributed by atoms with Crippen LogP contribution in [0.5, 0.6) is 0 Å². The first-order valence-corrected chi connectivity index (χ1v) is 13.5. The third kappa shape index (κ3) is 5.97. The van der Waals surface area contributed by atoms with Crippen LogP contribution in [-0.4, -0.2) is 29.9 Å². The highest BCUT2D eigenvalue weighted by Crippen LogP contribution is 2.24. The van der Waals surface area contributed by atoms with E-state index in [1.165, 1.54) is 28.6 Å². The third-order valence-electron chi connectivity index (χ3n) is 5.04. The normalized spacial score (nSPS) is 11.9. The molecule has 170 valence electrons. The van der Waals surface area contributed by atoms with E-state index in [2.05, 4.69) is 11.6 Å². The van der Waals surface area contributed by atoms with Gasteiger partial charge in [-0.3, -0.25) is 4.31 Å². The first kappa shape index (κ1) is 24.0. The minimum absolute atomic E-state index is 0.0440. The topological polar surface area (TPSA) is 83.6 Å². The maximum atomic E-state index is 13.4.